The lowest BCUT2D eigenvalue weighted by molar-refractivity contribution is -0.139. The Morgan fingerprint density at radius 2 is 1.96 bits per heavy atom. The van der Waals surface area contributed by atoms with Crippen LogP contribution in [0.25, 0.3) is 0 Å². The third kappa shape index (κ3) is 6.53. The summed E-state index contributed by atoms with van der Waals surface area (Å²) in [5, 5.41) is 18.4. The molecule has 0 spiro atoms. The smallest absolute Gasteiger partial charge is 0.323 e. The highest BCUT2D eigenvalue weighted by Crippen LogP contribution is 2.29. The van der Waals surface area contributed by atoms with Crippen molar-refractivity contribution >= 4 is 27.8 Å². The summed E-state index contributed by atoms with van der Waals surface area (Å²) in [6.07, 6.45) is 0. The van der Waals surface area contributed by atoms with Crippen molar-refractivity contribution in [3.05, 3.63) is 24.3 Å². The Balaban J connectivity index is 2.96. The van der Waals surface area contributed by atoms with Crippen molar-refractivity contribution in [2.45, 2.75) is 36.5 Å². The zero-order valence-electron chi connectivity index (χ0n) is 14.9. The maximum Gasteiger partial charge on any atom is 0.323 e. The number of benzene rings is 1. The minimum Gasteiger partial charge on any atom is -0.481 e. The molecule has 1 rings (SSSR count). The van der Waals surface area contributed by atoms with Crippen LogP contribution in [0.4, 0.5) is 0 Å². The van der Waals surface area contributed by atoms with Crippen molar-refractivity contribution in [3.63, 3.8) is 0 Å². The van der Waals surface area contributed by atoms with Crippen molar-refractivity contribution in [2.24, 2.45) is 0 Å². The van der Waals surface area contributed by atoms with Crippen LogP contribution < -0.4 is 9.46 Å². The Labute approximate surface area is 158 Å². The summed E-state index contributed by atoms with van der Waals surface area (Å²) >= 11 is 1.17. The summed E-state index contributed by atoms with van der Waals surface area (Å²) in [6, 6.07) is 4.27. The molecule has 0 saturated heterocycles. The quantitative estimate of drug-likeness (QED) is 0.507. The molecule has 144 valence electrons. The molecule has 0 aliphatic rings. The predicted octanol–water partition coefficient (Wildman–Crippen LogP) is 1.32. The van der Waals surface area contributed by atoms with Gasteiger partial charge in [-0.15, -0.1) is 5.92 Å². The van der Waals surface area contributed by atoms with Crippen molar-refractivity contribution in [2.75, 3.05) is 19.0 Å². The second kappa shape index (κ2) is 9.83. The van der Waals surface area contributed by atoms with Gasteiger partial charge in [-0.05, 0) is 45.0 Å². The van der Waals surface area contributed by atoms with E-state index < -0.39 is 26.8 Å². The van der Waals surface area contributed by atoms with Gasteiger partial charge in [0, 0.05) is 10.5 Å². The van der Waals surface area contributed by atoms with E-state index in [1.54, 1.807) is 20.8 Å². The van der Waals surface area contributed by atoms with E-state index >= 15 is 0 Å². The summed E-state index contributed by atoms with van der Waals surface area (Å²) in [5.74, 6) is 4.87. The van der Waals surface area contributed by atoms with Crippen molar-refractivity contribution in [1.82, 2.24) is 4.72 Å². The van der Waals surface area contributed by atoms with E-state index in [0.29, 0.717) is 11.5 Å². The Morgan fingerprint density at radius 1 is 1.35 bits per heavy atom. The number of ether oxygens (including phenoxy) is 1. The molecule has 0 aliphatic carbocycles. The Kier molecular flexibility index (Phi) is 8.43. The van der Waals surface area contributed by atoms with Crippen LogP contribution in [0.1, 0.15) is 20.8 Å². The molecule has 0 heterocycles. The fraction of sp³-hybridized carbons (Fsp3) is 0.471. The number of nitrogens with one attached hydrogen (secondary N) is 1. The first kappa shape index (κ1) is 22.3. The van der Waals surface area contributed by atoms with Crippen LogP contribution >= 0.6 is 11.8 Å². The Bertz CT molecular complexity index is 763. The van der Waals surface area contributed by atoms with E-state index in [4.69, 9.17) is 9.84 Å². The molecule has 1 aromatic carbocycles. The highest BCUT2D eigenvalue weighted by molar-refractivity contribution is 8.00. The van der Waals surface area contributed by atoms with Gasteiger partial charge in [-0.3, -0.25) is 4.79 Å². The molecule has 1 atom stereocenters. The van der Waals surface area contributed by atoms with Gasteiger partial charge in [-0.1, -0.05) is 5.92 Å². The zero-order valence-corrected chi connectivity index (χ0v) is 16.5. The zero-order chi connectivity index (χ0) is 19.8. The topological polar surface area (TPSA) is 113 Å². The standard InChI is InChI=1S/C17H23NO6S2/c1-4-5-11-24-13-6-8-14(9-7-13)26(22,23)18-15(16(20)21)17(2,3)25-12-10-19/h6-9,15,18-19H,10-12H2,1-3H3,(H,20,21)/t15-/m1/s1. The van der Waals surface area contributed by atoms with E-state index in [2.05, 4.69) is 16.6 Å². The van der Waals surface area contributed by atoms with Gasteiger partial charge in [0.15, 0.2) is 0 Å². The average Bonchev–Trinajstić information content (AvgIpc) is 2.58. The minimum atomic E-state index is -4.04. The number of aliphatic hydroxyl groups excluding tert-OH is 1. The molecule has 0 unspecified atom stereocenters. The molecule has 0 saturated carbocycles. The monoisotopic (exact) mass is 401 g/mol. The number of carboxylic acid groups (broad SMARTS) is 1. The number of carboxylic acids is 1. The largest absolute Gasteiger partial charge is 0.481 e. The van der Waals surface area contributed by atoms with Crippen LogP contribution in [0.15, 0.2) is 29.2 Å². The fourth-order valence-electron chi connectivity index (χ4n) is 2.01. The number of thioether (sulfide) groups is 1. The normalized spacial score (nSPS) is 12.8. The summed E-state index contributed by atoms with van der Waals surface area (Å²) in [7, 11) is -4.04. The number of carbonyl (C=O) groups is 1. The molecule has 0 fully saturated rings. The molecule has 0 amide bonds. The van der Waals surface area contributed by atoms with E-state index in [1.807, 2.05) is 0 Å². The molecule has 0 bridgehead atoms. The first-order valence-corrected chi connectivity index (χ1v) is 10.2. The van der Waals surface area contributed by atoms with E-state index in [9.17, 15) is 18.3 Å². The second-order valence-electron chi connectivity index (χ2n) is 5.75. The molecular weight excluding hydrogens is 378 g/mol. The van der Waals surface area contributed by atoms with Crippen LogP contribution in [0, 0.1) is 11.8 Å². The Morgan fingerprint density at radius 3 is 2.46 bits per heavy atom. The fourth-order valence-corrected chi connectivity index (χ4v) is 4.37. The van der Waals surface area contributed by atoms with E-state index in [-0.39, 0.29) is 18.1 Å². The van der Waals surface area contributed by atoms with Crippen molar-refractivity contribution in [3.8, 4) is 17.6 Å². The molecule has 1 aromatic rings. The van der Waals surface area contributed by atoms with Crippen LogP contribution in [0.3, 0.4) is 0 Å². The molecule has 26 heavy (non-hydrogen) atoms. The number of sulfonamides is 1. The highest BCUT2D eigenvalue weighted by Gasteiger charge is 2.39. The van der Waals surface area contributed by atoms with Crippen molar-refractivity contribution < 1.29 is 28.2 Å². The first-order valence-electron chi connectivity index (χ1n) is 7.76. The number of aliphatic hydroxyl groups is 1. The number of hydrogen-bond donors (Lipinski definition) is 3. The average molecular weight is 402 g/mol. The maximum atomic E-state index is 12.5. The van der Waals surface area contributed by atoms with Gasteiger partial charge in [-0.2, -0.15) is 16.5 Å². The molecular formula is C17H23NO6S2. The molecule has 7 nitrogen and oxygen atoms in total. The van der Waals surface area contributed by atoms with Gasteiger partial charge in [-0.25, -0.2) is 8.42 Å². The molecule has 0 radical (unpaired) electrons. The SMILES string of the molecule is CC#CCOc1ccc(S(=O)(=O)N[C@H](C(=O)O)C(C)(C)SCCO)cc1. The van der Waals surface area contributed by atoms with Crippen LogP contribution in [-0.2, 0) is 14.8 Å². The van der Waals surface area contributed by atoms with Crippen LogP contribution in [0.5, 0.6) is 5.75 Å². The molecule has 0 aromatic heterocycles. The summed E-state index contributed by atoms with van der Waals surface area (Å²) in [4.78, 5) is 11.5. The van der Waals surface area contributed by atoms with E-state index in [0.717, 1.165) is 0 Å². The number of hydrogen-bond acceptors (Lipinski definition) is 6. The van der Waals surface area contributed by atoms with Gasteiger partial charge in [0.2, 0.25) is 10.0 Å². The second-order valence-corrected chi connectivity index (χ2v) is 9.22. The van der Waals surface area contributed by atoms with Gasteiger partial charge in [0.25, 0.3) is 0 Å². The lowest BCUT2D eigenvalue weighted by atomic mass is 10.1. The predicted molar refractivity (Wildman–Crippen MR) is 101 cm³/mol. The summed E-state index contributed by atoms with van der Waals surface area (Å²) in [5.41, 5.74) is 0. The summed E-state index contributed by atoms with van der Waals surface area (Å²) < 4.78 is 31.7. The van der Waals surface area contributed by atoms with Gasteiger partial charge >= 0.3 is 5.97 Å². The minimum absolute atomic E-state index is 0.0689. The van der Waals surface area contributed by atoms with Gasteiger partial charge in [0.1, 0.15) is 18.4 Å². The van der Waals surface area contributed by atoms with E-state index in [1.165, 1.54) is 36.0 Å². The van der Waals surface area contributed by atoms with Crippen molar-refractivity contribution in [1.29, 1.82) is 0 Å². The summed E-state index contributed by atoms with van der Waals surface area (Å²) in [6.45, 7) is 4.97. The number of rotatable bonds is 10. The lowest BCUT2D eigenvalue weighted by Crippen LogP contribution is -2.52. The molecule has 0 aliphatic heterocycles. The first-order chi connectivity index (χ1) is 12.1. The van der Waals surface area contributed by atoms with Crippen LogP contribution in [0.2, 0.25) is 0 Å². The van der Waals surface area contributed by atoms with Crippen LogP contribution in [-0.4, -0.2) is 54.4 Å². The highest BCUT2D eigenvalue weighted by atomic mass is 32.2. The molecule has 9 heteroatoms. The Hall–Kier alpha value is -1.73. The third-order valence-corrected chi connectivity index (χ3v) is 6.21. The van der Waals surface area contributed by atoms with Gasteiger partial charge in [0.05, 0.1) is 11.5 Å². The molecule has 3 N–H and O–H groups in total. The number of aliphatic carboxylic acids is 1. The maximum absolute atomic E-state index is 12.5. The third-order valence-electron chi connectivity index (χ3n) is 3.40. The lowest BCUT2D eigenvalue weighted by Gasteiger charge is -2.31. The van der Waals surface area contributed by atoms with Gasteiger partial charge < -0.3 is 14.9 Å².